The highest BCUT2D eigenvalue weighted by atomic mass is 127. The van der Waals surface area contributed by atoms with Crippen LogP contribution in [0.5, 0.6) is 0 Å². The number of carbonyl (C=O) groups is 1. The van der Waals surface area contributed by atoms with E-state index in [0.717, 1.165) is 28.3 Å². The fourth-order valence-corrected chi connectivity index (χ4v) is 3.00. The van der Waals surface area contributed by atoms with Crippen molar-refractivity contribution in [3.05, 3.63) is 76.2 Å². The molecule has 118 valence electrons. The van der Waals surface area contributed by atoms with Gasteiger partial charge in [0, 0.05) is 32.3 Å². The van der Waals surface area contributed by atoms with E-state index in [1.807, 2.05) is 54.6 Å². The van der Waals surface area contributed by atoms with Crippen molar-refractivity contribution in [3.8, 4) is 11.3 Å². The molecule has 0 radical (unpaired) electrons. The van der Waals surface area contributed by atoms with E-state index in [1.54, 1.807) is 12.5 Å². The van der Waals surface area contributed by atoms with Crippen LogP contribution in [0.15, 0.2) is 71.5 Å². The Morgan fingerprint density at radius 2 is 1.92 bits per heavy atom. The van der Waals surface area contributed by atoms with Gasteiger partial charge in [0.15, 0.2) is 0 Å². The second kappa shape index (κ2) is 6.16. The summed E-state index contributed by atoms with van der Waals surface area (Å²) in [6.07, 6.45) is 3.38. The number of rotatable bonds is 3. The maximum atomic E-state index is 12.3. The Labute approximate surface area is 152 Å². The molecule has 0 spiro atoms. The zero-order chi connectivity index (χ0) is 16.5. The lowest BCUT2D eigenvalue weighted by molar-refractivity contribution is -0.110. The molecule has 0 unspecified atom stereocenters. The monoisotopic (exact) mass is 428 g/mol. The van der Waals surface area contributed by atoms with E-state index < -0.39 is 0 Å². The number of amides is 1. The molecule has 0 fully saturated rings. The van der Waals surface area contributed by atoms with Crippen molar-refractivity contribution >= 4 is 45.4 Å². The van der Waals surface area contributed by atoms with Crippen LogP contribution in [0.1, 0.15) is 5.56 Å². The summed E-state index contributed by atoms with van der Waals surface area (Å²) in [6.45, 7) is 0. The zero-order valence-electron chi connectivity index (χ0n) is 12.5. The first-order valence-corrected chi connectivity index (χ1v) is 8.50. The van der Waals surface area contributed by atoms with Crippen LogP contribution in [0.4, 0.5) is 11.4 Å². The van der Waals surface area contributed by atoms with Gasteiger partial charge in [-0.3, -0.25) is 4.79 Å². The lowest BCUT2D eigenvalue weighted by atomic mass is 10.0. The molecule has 4 nitrogen and oxygen atoms in total. The molecule has 0 bridgehead atoms. The quantitative estimate of drug-likeness (QED) is 0.458. The van der Waals surface area contributed by atoms with Crippen LogP contribution >= 0.6 is 22.6 Å². The maximum Gasteiger partial charge on any atom is 0.257 e. The van der Waals surface area contributed by atoms with Crippen molar-refractivity contribution in [2.24, 2.45) is 0 Å². The van der Waals surface area contributed by atoms with Gasteiger partial charge in [-0.1, -0.05) is 12.1 Å². The number of hydrogen-bond donors (Lipinski definition) is 2. The molecule has 3 aromatic rings. The average Bonchev–Trinajstić information content (AvgIpc) is 3.21. The molecular formula is C19H13IN2O2. The van der Waals surface area contributed by atoms with Gasteiger partial charge in [-0.25, -0.2) is 0 Å². The molecule has 4 rings (SSSR count). The summed E-state index contributed by atoms with van der Waals surface area (Å²) in [4.78, 5) is 12.3. The van der Waals surface area contributed by atoms with Crippen LogP contribution in [0.25, 0.3) is 16.9 Å². The van der Waals surface area contributed by atoms with E-state index in [2.05, 4.69) is 33.2 Å². The Hall–Kier alpha value is -2.54. The number of carbonyl (C=O) groups excluding carboxylic acids is 1. The van der Waals surface area contributed by atoms with Crippen molar-refractivity contribution in [3.63, 3.8) is 0 Å². The van der Waals surface area contributed by atoms with Gasteiger partial charge in [0.25, 0.3) is 5.91 Å². The van der Waals surface area contributed by atoms with Crippen molar-refractivity contribution in [2.45, 2.75) is 0 Å². The second-order valence-electron chi connectivity index (χ2n) is 5.40. The van der Waals surface area contributed by atoms with Crippen molar-refractivity contribution in [2.75, 3.05) is 10.6 Å². The molecule has 2 heterocycles. The van der Waals surface area contributed by atoms with Gasteiger partial charge in [-0.15, -0.1) is 0 Å². The van der Waals surface area contributed by atoms with Crippen LogP contribution in [0.3, 0.4) is 0 Å². The van der Waals surface area contributed by atoms with Crippen LogP contribution < -0.4 is 10.6 Å². The predicted octanol–water partition coefficient (Wildman–Crippen LogP) is 4.96. The number of furan rings is 1. The van der Waals surface area contributed by atoms with Crippen molar-refractivity contribution in [1.82, 2.24) is 0 Å². The minimum atomic E-state index is -0.111. The minimum Gasteiger partial charge on any atom is -0.464 e. The Balaban J connectivity index is 1.63. The average molecular weight is 428 g/mol. The third-order valence-electron chi connectivity index (χ3n) is 3.84. The Morgan fingerprint density at radius 1 is 1.08 bits per heavy atom. The topological polar surface area (TPSA) is 54.3 Å². The Bertz CT molecular complexity index is 929. The third-order valence-corrected chi connectivity index (χ3v) is 4.55. The van der Waals surface area contributed by atoms with E-state index in [0.29, 0.717) is 5.57 Å². The highest BCUT2D eigenvalue weighted by Crippen LogP contribution is 2.35. The summed E-state index contributed by atoms with van der Waals surface area (Å²) in [5.41, 5.74) is 4.18. The fraction of sp³-hybridized carbons (Fsp3) is 0. The van der Waals surface area contributed by atoms with Crippen molar-refractivity contribution in [1.29, 1.82) is 0 Å². The van der Waals surface area contributed by atoms with Gasteiger partial charge < -0.3 is 15.1 Å². The minimum absolute atomic E-state index is 0.111. The lowest BCUT2D eigenvalue weighted by Gasteiger charge is -2.04. The first-order chi connectivity index (χ1) is 11.7. The summed E-state index contributed by atoms with van der Waals surface area (Å²) in [6, 6.07) is 17.5. The largest absolute Gasteiger partial charge is 0.464 e. The van der Waals surface area contributed by atoms with Crippen LogP contribution in [-0.2, 0) is 4.79 Å². The summed E-state index contributed by atoms with van der Waals surface area (Å²) in [5, 5.41) is 6.09. The molecule has 0 atom stereocenters. The highest BCUT2D eigenvalue weighted by molar-refractivity contribution is 14.1. The van der Waals surface area contributed by atoms with Gasteiger partial charge in [-0.2, -0.15) is 0 Å². The van der Waals surface area contributed by atoms with E-state index in [4.69, 9.17) is 4.42 Å². The third kappa shape index (κ3) is 2.82. The van der Waals surface area contributed by atoms with E-state index in [-0.39, 0.29) is 5.91 Å². The smallest absolute Gasteiger partial charge is 0.257 e. The molecule has 0 aliphatic carbocycles. The molecule has 2 aromatic carbocycles. The van der Waals surface area contributed by atoms with E-state index in [9.17, 15) is 4.79 Å². The summed E-state index contributed by atoms with van der Waals surface area (Å²) < 4.78 is 6.57. The van der Waals surface area contributed by atoms with E-state index in [1.165, 1.54) is 3.57 Å². The number of halogens is 1. The SMILES string of the molecule is O=C1Nc2cc(-c3ccco3)ccc2/C1=C\Nc1ccc(I)cc1. The fourth-order valence-electron chi connectivity index (χ4n) is 2.64. The molecule has 1 aromatic heterocycles. The van der Waals surface area contributed by atoms with Gasteiger partial charge >= 0.3 is 0 Å². The van der Waals surface area contributed by atoms with E-state index >= 15 is 0 Å². The first kappa shape index (κ1) is 15.0. The molecule has 2 N–H and O–H groups in total. The van der Waals surface area contributed by atoms with Crippen LogP contribution in [0.2, 0.25) is 0 Å². The molecule has 0 saturated carbocycles. The molecule has 1 aliphatic heterocycles. The van der Waals surface area contributed by atoms with Crippen LogP contribution in [0, 0.1) is 3.57 Å². The standard InChI is InChI=1S/C19H13IN2O2/c20-13-4-6-14(7-5-13)21-11-16-15-8-3-12(18-2-1-9-24-18)10-17(15)22-19(16)23/h1-11,21H,(H,22,23)/b16-11+. The number of fused-ring (bicyclic) bond motifs is 1. The van der Waals surface area contributed by atoms with Gasteiger partial charge in [-0.05, 0) is 65.1 Å². The molecule has 0 saturated heterocycles. The molecular weight excluding hydrogens is 415 g/mol. The Kier molecular flexibility index (Phi) is 3.86. The maximum absolute atomic E-state index is 12.3. The molecule has 24 heavy (non-hydrogen) atoms. The second-order valence-corrected chi connectivity index (χ2v) is 6.65. The summed E-state index contributed by atoms with van der Waals surface area (Å²) in [5.74, 6) is 0.668. The molecule has 5 heteroatoms. The number of hydrogen-bond acceptors (Lipinski definition) is 3. The lowest BCUT2D eigenvalue weighted by Crippen LogP contribution is -2.05. The summed E-state index contributed by atoms with van der Waals surface area (Å²) >= 11 is 2.26. The normalized spacial score (nSPS) is 14.5. The predicted molar refractivity (Wildman–Crippen MR) is 104 cm³/mol. The van der Waals surface area contributed by atoms with Gasteiger partial charge in [0.1, 0.15) is 5.76 Å². The number of benzene rings is 2. The van der Waals surface area contributed by atoms with Gasteiger partial charge in [0.05, 0.1) is 11.8 Å². The molecule has 1 amide bonds. The number of nitrogens with one attached hydrogen (secondary N) is 2. The van der Waals surface area contributed by atoms with Gasteiger partial charge in [0.2, 0.25) is 0 Å². The zero-order valence-corrected chi connectivity index (χ0v) is 14.7. The molecule has 1 aliphatic rings. The van der Waals surface area contributed by atoms with Crippen LogP contribution in [-0.4, -0.2) is 5.91 Å². The number of anilines is 2. The summed E-state index contributed by atoms with van der Waals surface area (Å²) in [7, 11) is 0. The highest BCUT2D eigenvalue weighted by Gasteiger charge is 2.24. The Morgan fingerprint density at radius 3 is 2.67 bits per heavy atom. The first-order valence-electron chi connectivity index (χ1n) is 7.43. The van der Waals surface area contributed by atoms with Crippen molar-refractivity contribution < 1.29 is 9.21 Å².